The van der Waals surface area contributed by atoms with Gasteiger partial charge in [0.15, 0.2) is 11.6 Å². The number of hydrogen-bond acceptors (Lipinski definition) is 1. The molecule has 0 aliphatic carbocycles. The molecule has 0 unspecified atom stereocenters. The average molecular weight is 248 g/mol. The van der Waals surface area contributed by atoms with Crippen LogP contribution >= 0.6 is 12.4 Å². The second-order valence-corrected chi connectivity index (χ2v) is 4.10. The Morgan fingerprint density at radius 3 is 2.56 bits per heavy atom. The zero-order chi connectivity index (χ0) is 10.8. The van der Waals surface area contributed by atoms with Crippen LogP contribution in [0.2, 0.25) is 0 Å². The van der Waals surface area contributed by atoms with Gasteiger partial charge in [0.05, 0.1) is 0 Å². The summed E-state index contributed by atoms with van der Waals surface area (Å²) in [4.78, 5) is 0. The van der Waals surface area contributed by atoms with E-state index in [-0.39, 0.29) is 18.4 Å². The Bertz CT molecular complexity index is 362. The Morgan fingerprint density at radius 1 is 1.19 bits per heavy atom. The molecule has 1 aromatic rings. The van der Waals surface area contributed by atoms with Gasteiger partial charge in [0.1, 0.15) is 0 Å². The molecule has 1 atom stereocenters. The molecule has 0 aromatic heterocycles. The van der Waals surface area contributed by atoms with Gasteiger partial charge in [-0.3, -0.25) is 0 Å². The summed E-state index contributed by atoms with van der Waals surface area (Å²) in [6.07, 6.45) is 3.08. The lowest BCUT2D eigenvalue weighted by atomic mass is 9.96. The van der Waals surface area contributed by atoms with Gasteiger partial charge in [-0.2, -0.15) is 0 Å². The van der Waals surface area contributed by atoms with Gasteiger partial charge in [0.25, 0.3) is 0 Å². The van der Waals surface area contributed by atoms with Crippen molar-refractivity contribution in [2.45, 2.75) is 32.2 Å². The summed E-state index contributed by atoms with van der Waals surface area (Å²) in [6, 6.07) is 3.31. The van der Waals surface area contributed by atoms with Crippen LogP contribution < -0.4 is 5.32 Å². The molecular weight excluding hydrogens is 232 g/mol. The van der Waals surface area contributed by atoms with E-state index in [1.165, 1.54) is 0 Å². The number of rotatable bonds is 1. The lowest BCUT2D eigenvalue weighted by molar-refractivity contribution is 0.390. The molecule has 0 spiro atoms. The minimum Gasteiger partial charge on any atom is -0.310 e. The van der Waals surface area contributed by atoms with Gasteiger partial charge in [-0.05, 0) is 31.9 Å². The molecule has 1 fully saturated rings. The molecule has 1 heterocycles. The van der Waals surface area contributed by atoms with E-state index in [0.717, 1.165) is 25.8 Å². The standard InChI is InChI=1S/C12H15F2N.ClH/c1-8-5-6-9(12(14)11(8)13)10-4-2-3-7-15-10;/h5-6,10,15H,2-4,7H2,1H3;1H/t10-;/m1./s1. The highest BCUT2D eigenvalue weighted by molar-refractivity contribution is 5.85. The van der Waals surface area contributed by atoms with Crippen LogP contribution in [-0.4, -0.2) is 6.54 Å². The molecule has 0 radical (unpaired) electrons. The molecule has 1 N–H and O–H groups in total. The van der Waals surface area contributed by atoms with Crippen molar-refractivity contribution in [1.82, 2.24) is 5.32 Å². The van der Waals surface area contributed by atoms with E-state index in [4.69, 9.17) is 0 Å². The van der Waals surface area contributed by atoms with Gasteiger partial charge in [-0.15, -0.1) is 12.4 Å². The minimum absolute atomic E-state index is 0. The maximum Gasteiger partial charge on any atom is 0.163 e. The van der Waals surface area contributed by atoms with Crippen LogP contribution in [0.15, 0.2) is 12.1 Å². The van der Waals surface area contributed by atoms with E-state index < -0.39 is 11.6 Å². The molecule has 1 nitrogen and oxygen atoms in total. The topological polar surface area (TPSA) is 12.0 Å². The fraction of sp³-hybridized carbons (Fsp3) is 0.500. The van der Waals surface area contributed by atoms with Crippen LogP contribution in [0.4, 0.5) is 8.78 Å². The third kappa shape index (κ3) is 2.53. The first-order chi connectivity index (χ1) is 7.20. The van der Waals surface area contributed by atoms with E-state index in [1.54, 1.807) is 19.1 Å². The SMILES string of the molecule is Cc1ccc([C@H]2CCCCN2)c(F)c1F.Cl. The molecule has 1 aliphatic rings. The minimum atomic E-state index is -0.708. The van der Waals surface area contributed by atoms with Crippen LogP contribution in [0.5, 0.6) is 0 Å². The van der Waals surface area contributed by atoms with Crippen molar-refractivity contribution < 1.29 is 8.78 Å². The number of benzene rings is 1. The predicted molar refractivity (Wildman–Crippen MR) is 62.9 cm³/mol. The molecule has 1 aromatic carbocycles. The number of halogens is 3. The first kappa shape index (κ1) is 13.4. The fourth-order valence-electron chi connectivity index (χ4n) is 2.05. The highest BCUT2D eigenvalue weighted by atomic mass is 35.5. The first-order valence-corrected chi connectivity index (χ1v) is 5.38. The average Bonchev–Trinajstić information content (AvgIpc) is 2.27. The highest BCUT2D eigenvalue weighted by Gasteiger charge is 2.20. The normalized spacial score (nSPS) is 20.3. The lowest BCUT2D eigenvalue weighted by Crippen LogP contribution is -2.27. The van der Waals surface area contributed by atoms with Gasteiger partial charge >= 0.3 is 0 Å². The van der Waals surface area contributed by atoms with Gasteiger partial charge in [0, 0.05) is 11.6 Å². The van der Waals surface area contributed by atoms with Crippen molar-refractivity contribution in [3.63, 3.8) is 0 Å². The molecule has 1 saturated heterocycles. The van der Waals surface area contributed by atoms with E-state index in [9.17, 15) is 8.78 Å². The summed E-state index contributed by atoms with van der Waals surface area (Å²) >= 11 is 0. The smallest absolute Gasteiger partial charge is 0.163 e. The predicted octanol–water partition coefficient (Wildman–Crippen LogP) is 3.51. The number of hydrogen-bond donors (Lipinski definition) is 1. The summed E-state index contributed by atoms with van der Waals surface area (Å²) in [5, 5.41) is 3.22. The second-order valence-electron chi connectivity index (χ2n) is 4.10. The van der Waals surface area contributed by atoms with Gasteiger partial charge in [-0.25, -0.2) is 8.78 Å². The Morgan fingerprint density at radius 2 is 1.94 bits per heavy atom. The van der Waals surface area contributed by atoms with Crippen molar-refractivity contribution in [3.8, 4) is 0 Å². The summed E-state index contributed by atoms with van der Waals surface area (Å²) in [6.45, 7) is 2.47. The maximum absolute atomic E-state index is 13.6. The lowest BCUT2D eigenvalue weighted by Gasteiger charge is -2.24. The molecule has 16 heavy (non-hydrogen) atoms. The first-order valence-electron chi connectivity index (χ1n) is 5.38. The van der Waals surface area contributed by atoms with E-state index in [1.807, 2.05) is 0 Å². The van der Waals surface area contributed by atoms with E-state index >= 15 is 0 Å². The molecule has 90 valence electrons. The Labute approximate surface area is 101 Å². The summed E-state index contributed by atoms with van der Waals surface area (Å²) < 4.78 is 27.0. The van der Waals surface area contributed by atoms with Crippen molar-refractivity contribution in [3.05, 3.63) is 34.9 Å². The maximum atomic E-state index is 13.6. The summed E-state index contributed by atoms with van der Waals surface area (Å²) in [5.41, 5.74) is 0.838. The van der Waals surface area contributed by atoms with Crippen LogP contribution in [0.1, 0.15) is 36.4 Å². The molecule has 2 rings (SSSR count). The van der Waals surface area contributed by atoms with Gasteiger partial charge in [-0.1, -0.05) is 18.6 Å². The zero-order valence-electron chi connectivity index (χ0n) is 9.22. The van der Waals surface area contributed by atoms with Crippen LogP contribution in [-0.2, 0) is 0 Å². The molecule has 0 bridgehead atoms. The number of piperidine rings is 1. The quantitative estimate of drug-likeness (QED) is 0.801. The Kier molecular flexibility index (Phi) is 4.69. The Hall–Kier alpha value is -0.670. The monoisotopic (exact) mass is 247 g/mol. The zero-order valence-corrected chi connectivity index (χ0v) is 10.0. The highest BCUT2D eigenvalue weighted by Crippen LogP contribution is 2.27. The second kappa shape index (κ2) is 5.60. The Balaban J connectivity index is 0.00000128. The van der Waals surface area contributed by atoms with Crippen LogP contribution in [0.3, 0.4) is 0 Å². The third-order valence-corrected chi connectivity index (χ3v) is 2.99. The molecule has 0 saturated carbocycles. The van der Waals surface area contributed by atoms with E-state index in [2.05, 4.69) is 5.32 Å². The van der Waals surface area contributed by atoms with Crippen molar-refractivity contribution >= 4 is 12.4 Å². The summed E-state index contributed by atoms with van der Waals surface area (Å²) in [7, 11) is 0. The van der Waals surface area contributed by atoms with Crippen molar-refractivity contribution in [2.24, 2.45) is 0 Å². The number of aryl methyl sites for hydroxylation is 1. The third-order valence-electron chi connectivity index (χ3n) is 2.99. The van der Waals surface area contributed by atoms with Crippen molar-refractivity contribution in [1.29, 1.82) is 0 Å². The molecule has 0 amide bonds. The molecule has 1 aliphatic heterocycles. The van der Waals surface area contributed by atoms with Crippen LogP contribution in [0.25, 0.3) is 0 Å². The number of nitrogens with one attached hydrogen (secondary N) is 1. The van der Waals surface area contributed by atoms with Crippen LogP contribution in [0, 0.1) is 18.6 Å². The van der Waals surface area contributed by atoms with Gasteiger partial charge in [0.2, 0.25) is 0 Å². The van der Waals surface area contributed by atoms with E-state index in [0.29, 0.717) is 11.1 Å². The summed E-state index contributed by atoms with van der Waals surface area (Å²) in [5.74, 6) is -1.39. The van der Waals surface area contributed by atoms with Gasteiger partial charge < -0.3 is 5.32 Å². The fourth-order valence-corrected chi connectivity index (χ4v) is 2.05. The largest absolute Gasteiger partial charge is 0.310 e. The molecular formula is C12H16ClF2N. The van der Waals surface area contributed by atoms with Crippen molar-refractivity contribution in [2.75, 3.05) is 6.54 Å². The molecule has 4 heteroatoms.